The van der Waals surface area contributed by atoms with Gasteiger partial charge in [0.05, 0.1) is 6.20 Å². The minimum atomic E-state index is -0.0130. The quantitative estimate of drug-likeness (QED) is 0.861. The molecule has 0 saturated carbocycles. The zero-order valence-electron chi connectivity index (χ0n) is 9.93. The van der Waals surface area contributed by atoms with E-state index in [1.54, 1.807) is 18.6 Å². The highest BCUT2D eigenvalue weighted by Gasteiger charge is 2.26. The highest BCUT2D eigenvalue weighted by molar-refractivity contribution is 5.91. The van der Waals surface area contributed by atoms with Crippen LogP contribution in [0.1, 0.15) is 19.8 Å². The van der Waals surface area contributed by atoms with Crippen LogP contribution < -0.4 is 5.32 Å². The van der Waals surface area contributed by atoms with E-state index in [-0.39, 0.29) is 11.8 Å². The number of rotatable bonds is 3. The number of amides is 1. The average Bonchev–Trinajstić information content (AvgIpc) is 2.40. The van der Waals surface area contributed by atoms with Gasteiger partial charge in [-0.15, -0.1) is 0 Å². The van der Waals surface area contributed by atoms with Gasteiger partial charge in [-0.25, -0.2) is 4.98 Å². The molecule has 1 aromatic heterocycles. The number of hydrogen-bond acceptors (Lipinski definition) is 4. The number of carbonyl (C=O) groups excluding carboxylic acids is 1. The van der Waals surface area contributed by atoms with E-state index in [9.17, 15) is 4.79 Å². The molecule has 5 heteroatoms. The third-order valence-electron chi connectivity index (χ3n) is 3.20. The maximum atomic E-state index is 12.0. The highest BCUT2D eigenvalue weighted by Crippen LogP contribution is 2.24. The van der Waals surface area contributed by atoms with Gasteiger partial charge in [-0.05, 0) is 18.8 Å². The van der Waals surface area contributed by atoms with Crippen molar-refractivity contribution in [1.82, 2.24) is 9.97 Å². The molecule has 1 N–H and O–H groups in total. The van der Waals surface area contributed by atoms with Crippen LogP contribution in [0.5, 0.6) is 0 Å². The van der Waals surface area contributed by atoms with Gasteiger partial charge in [0, 0.05) is 31.5 Å². The van der Waals surface area contributed by atoms with E-state index in [1.165, 1.54) is 0 Å². The fraction of sp³-hybridized carbons (Fsp3) is 0.583. The van der Waals surface area contributed by atoms with Crippen LogP contribution in [0, 0.1) is 11.8 Å². The van der Waals surface area contributed by atoms with E-state index in [0.29, 0.717) is 11.7 Å². The molecule has 0 aliphatic carbocycles. The van der Waals surface area contributed by atoms with Crippen LogP contribution >= 0.6 is 0 Å². The minimum absolute atomic E-state index is 0.0115. The Bertz CT molecular complexity index is 363. The van der Waals surface area contributed by atoms with Crippen molar-refractivity contribution in [2.45, 2.75) is 19.8 Å². The summed E-state index contributed by atoms with van der Waals surface area (Å²) in [6, 6.07) is 0. The molecule has 1 aliphatic rings. The molecule has 1 amide bonds. The van der Waals surface area contributed by atoms with E-state index < -0.39 is 0 Å². The van der Waals surface area contributed by atoms with Gasteiger partial charge in [-0.2, -0.15) is 0 Å². The molecule has 1 aliphatic heterocycles. The molecule has 2 heterocycles. The van der Waals surface area contributed by atoms with Crippen molar-refractivity contribution < 1.29 is 9.53 Å². The van der Waals surface area contributed by atoms with Crippen LogP contribution in [-0.4, -0.2) is 29.1 Å². The third kappa shape index (κ3) is 3.23. The van der Waals surface area contributed by atoms with Crippen molar-refractivity contribution >= 4 is 11.7 Å². The van der Waals surface area contributed by atoms with Gasteiger partial charge in [0.1, 0.15) is 0 Å². The lowest BCUT2D eigenvalue weighted by molar-refractivity contribution is -0.122. The van der Waals surface area contributed by atoms with Gasteiger partial charge in [0.25, 0.3) is 0 Å². The molecule has 5 nitrogen and oxygen atoms in total. The Morgan fingerprint density at radius 1 is 1.47 bits per heavy atom. The summed E-state index contributed by atoms with van der Waals surface area (Å²) in [6.45, 7) is 3.47. The number of hydrogen-bond donors (Lipinski definition) is 1. The summed E-state index contributed by atoms with van der Waals surface area (Å²) in [7, 11) is 0. The SMILES string of the molecule is C[C@@H](C(=O)Nc1cnccn1)C1CCOCC1. The van der Waals surface area contributed by atoms with Crippen LogP contribution in [0.4, 0.5) is 5.82 Å². The summed E-state index contributed by atoms with van der Waals surface area (Å²) >= 11 is 0. The number of nitrogens with one attached hydrogen (secondary N) is 1. The lowest BCUT2D eigenvalue weighted by atomic mass is 9.87. The van der Waals surface area contributed by atoms with Gasteiger partial charge in [-0.3, -0.25) is 9.78 Å². The number of ether oxygens (including phenoxy) is 1. The number of anilines is 1. The molecule has 0 radical (unpaired) electrons. The van der Waals surface area contributed by atoms with Crippen molar-refractivity contribution in [2.75, 3.05) is 18.5 Å². The largest absolute Gasteiger partial charge is 0.381 e. The predicted octanol–water partition coefficient (Wildman–Crippen LogP) is 1.48. The van der Waals surface area contributed by atoms with Gasteiger partial charge in [-0.1, -0.05) is 6.92 Å². The van der Waals surface area contributed by atoms with Crippen LogP contribution in [0.25, 0.3) is 0 Å². The maximum absolute atomic E-state index is 12.0. The fourth-order valence-corrected chi connectivity index (χ4v) is 2.03. The van der Waals surface area contributed by atoms with Gasteiger partial charge >= 0.3 is 0 Å². The second-order valence-electron chi connectivity index (χ2n) is 4.32. The molecular formula is C12H17N3O2. The third-order valence-corrected chi connectivity index (χ3v) is 3.20. The highest BCUT2D eigenvalue weighted by atomic mass is 16.5. The normalized spacial score (nSPS) is 18.6. The van der Waals surface area contributed by atoms with E-state index in [4.69, 9.17) is 4.74 Å². The zero-order chi connectivity index (χ0) is 12.1. The Labute approximate surface area is 101 Å². The smallest absolute Gasteiger partial charge is 0.228 e. The monoisotopic (exact) mass is 235 g/mol. The molecule has 1 fully saturated rings. The van der Waals surface area contributed by atoms with Gasteiger partial charge in [0.2, 0.25) is 5.91 Å². The Kier molecular flexibility index (Phi) is 4.03. The van der Waals surface area contributed by atoms with E-state index in [2.05, 4.69) is 15.3 Å². The lowest BCUT2D eigenvalue weighted by Crippen LogP contribution is -2.31. The molecule has 2 rings (SSSR count). The first-order chi connectivity index (χ1) is 8.27. The van der Waals surface area contributed by atoms with E-state index in [1.807, 2.05) is 6.92 Å². The molecule has 1 aromatic rings. The van der Waals surface area contributed by atoms with Crippen LogP contribution in [-0.2, 0) is 9.53 Å². The summed E-state index contributed by atoms with van der Waals surface area (Å²) in [5.74, 6) is 0.912. The Morgan fingerprint density at radius 3 is 2.88 bits per heavy atom. The Balaban J connectivity index is 1.90. The topological polar surface area (TPSA) is 64.1 Å². The number of aromatic nitrogens is 2. The first kappa shape index (κ1) is 12.0. The van der Waals surface area contributed by atoms with Crippen molar-refractivity contribution in [3.05, 3.63) is 18.6 Å². The molecule has 1 atom stereocenters. The molecule has 0 unspecified atom stereocenters. The second kappa shape index (κ2) is 5.72. The minimum Gasteiger partial charge on any atom is -0.381 e. The first-order valence-corrected chi connectivity index (χ1v) is 5.92. The van der Waals surface area contributed by atoms with Crippen molar-refractivity contribution in [2.24, 2.45) is 11.8 Å². The van der Waals surface area contributed by atoms with Crippen molar-refractivity contribution in [3.8, 4) is 0 Å². The fourth-order valence-electron chi connectivity index (χ4n) is 2.03. The summed E-state index contributed by atoms with van der Waals surface area (Å²) in [5.41, 5.74) is 0. The Hall–Kier alpha value is -1.49. The van der Waals surface area contributed by atoms with Crippen molar-refractivity contribution in [3.63, 3.8) is 0 Å². The summed E-state index contributed by atoms with van der Waals surface area (Å²) in [4.78, 5) is 19.9. The second-order valence-corrected chi connectivity index (χ2v) is 4.32. The maximum Gasteiger partial charge on any atom is 0.228 e. The number of carbonyl (C=O) groups is 1. The zero-order valence-corrected chi connectivity index (χ0v) is 9.93. The molecule has 1 saturated heterocycles. The molecule has 92 valence electrons. The summed E-state index contributed by atoms with van der Waals surface area (Å²) in [5, 5.41) is 2.79. The molecular weight excluding hydrogens is 218 g/mol. The Morgan fingerprint density at radius 2 is 2.24 bits per heavy atom. The standard InChI is InChI=1S/C12H17N3O2/c1-9(10-2-6-17-7-3-10)12(16)15-11-8-13-4-5-14-11/h4-5,8-10H,2-3,6-7H2,1H3,(H,14,15,16)/t9-/m1/s1. The molecule has 0 aromatic carbocycles. The lowest BCUT2D eigenvalue weighted by Gasteiger charge is -2.26. The van der Waals surface area contributed by atoms with E-state index in [0.717, 1.165) is 26.1 Å². The first-order valence-electron chi connectivity index (χ1n) is 5.92. The molecule has 17 heavy (non-hydrogen) atoms. The summed E-state index contributed by atoms with van der Waals surface area (Å²) < 4.78 is 5.29. The molecule has 0 bridgehead atoms. The van der Waals surface area contributed by atoms with Crippen LogP contribution in [0.15, 0.2) is 18.6 Å². The summed E-state index contributed by atoms with van der Waals surface area (Å²) in [6.07, 6.45) is 6.60. The van der Waals surface area contributed by atoms with Crippen molar-refractivity contribution in [1.29, 1.82) is 0 Å². The predicted molar refractivity (Wildman–Crippen MR) is 63.4 cm³/mol. The van der Waals surface area contributed by atoms with Gasteiger partial charge < -0.3 is 10.1 Å². The van der Waals surface area contributed by atoms with Gasteiger partial charge in [0.15, 0.2) is 5.82 Å². The van der Waals surface area contributed by atoms with Crippen LogP contribution in [0.2, 0.25) is 0 Å². The average molecular weight is 235 g/mol. The number of nitrogens with zero attached hydrogens (tertiary/aromatic N) is 2. The molecule has 0 spiro atoms. The van der Waals surface area contributed by atoms with E-state index >= 15 is 0 Å². The van der Waals surface area contributed by atoms with Crippen LogP contribution in [0.3, 0.4) is 0 Å².